The quantitative estimate of drug-likeness (QED) is 0.874. The van der Waals surface area contributed by atoms with Crippen LogP contribution in [0.15, 0.2) is 28.9 Å². The molecule has 0 spiro atoms. The third-order valence-electron chi connectivity index (χ3n) is 3.37. The predicted molar refractivity (Wildman–Crippen MR) is 87.4 cm³/mol. The van der Waals surface area contributed by atoms with Crippen molar-refractivity contribution in [3.05, 3.63) is 50.7 Å². The van der Waals surface area contributed by atoms with Crippen molar-refractivity contribution in [3.63, 3.8) is 0 Å². The molecule has 3 nitrogen and oxygen atoms in total. The van der Waals surface area contributed by atoms with Gasteiger partial charge in [0.15, 0.2) is 0 Å². The SMILES string of the molecule is CNC(c1ccc(C)c(Cl)c1)c1c(Br)cnn1C(C)C. The number of rotatable bonds is 4. The number of benzene rings is 1. The van der Waals surface area contributed by atoms with Gasteiger partial charge in [-0.1, -0.05) is 23.7 Å². The largest absolute Gasteiger partial charge is 0.308 e. The Hall–Kier alpha value is -0.840. The van der Waals surface area contributed by atoms with Crippen molar-refractivity contribution in [2.45, 2.75) is 32.9 Å². The fraction of sp³-hybridized carbons (Fsp3) is 0.400. The van der Waals surface area contributed by atoms with Crippen molar-refractivity contribution < 1.29 is 0 Å². The number of aromatic nitrogens is 2. The van der Waals surface area contributed by atoms with Crippen molar-refractivity contribution >= 4 is 27.5 Å². The van der Waals surface area contributed by atoms with E-state index < -0.39 is 0 Å². The monoisotopic (exact) mass is 355 g/mol. The first-order chi connectivity index (χ1) is 9.45. The number of nitrogens with zero attached hydrogens (tertiary/aromatic N) is 2. The summed E-state index contributed by atoms with van der Waals surface area (Å²) in [6, 6.07) is 6.51. The molecular weight excluding hydrogens is 338 g/mol. The first-order valence-electron chi connectivity index (χ1n) is 6.62. The zero-order valence-electron chi connectivity index (χ0n) is 12.1. The lowest BCUT2D eigenvalue weighted by molar-refractivity contribution is 0.483. The summed E-state index contributed by atoms with van der Waals surface area (Å²) in [4.78, 5) is 0. The lowest BCUT2D eigenvalue weighted by Crippen LogP contribution is -2.23. The van der Waals surface area contributed by atoms with E-state index in [4.69, 9.17) is 11.6 Å². The lowest BCUT2D eigenvalue weighted by atomic mass is 10.0. The van der Waals surface area contributed by atoms with Gasteiger partial charge < -0.3 is 5.32 Å². The molecule has 0 bridgehead atoms. The Morgan fingerprint density at radius 2 is 2.05 bits per heavy atom. The molecule has 1 aromatic heterocycles. The highest BCUT2D eigenvalue weighted by atomic mass is 79.9. The molecular formula is C15H19BrClN3. The molecule has 108 valence electrons. The average Bonchev–Trinajstić information content (AvgIpc) is 2.77. The summed E-state index contributed by atoms with van der Waals surface area (Å²) in [5.41, 5.74) is 3.33. The summed E-state index contributed by atoms with van der Waals surface area (Å²) in [6.07, 6.45) is 1.84. The summed E-state index contributed by atoms with van der Waals surface area (Å²) in [5.74, 6) is 0. The zero-order valence-corrected chi connectivity index (χ0v) is 14.5. The Labute approximate surface area is 133 Å². The van der Waals surface area contributed by atoms with Crippen molar-refractivity contribution in [2.24, 2.45) is 0 Å². The molecule has 5 heteroatoms. The smallest absolute Gasteiger partial charge is 0.0758 e. The van der Waals surface area contributed by atoms with Crippen LogP contribution in [-0.2, 0) is 0 Å². The Kier molecular flexibility index (Phi) is 4.89. The predicted octanol–water partition coefficient (Wildman–Crippen LogP) is 4.50. The maximum Gasteiger partial charge on any atom is 0.0758 e. The van der Waals surface area contributed by atoms with Gasteiger partial charge in [-0.2, -0.15) is 5.10 Å². The van der Waals surface area contributed by atoms with Crippen LogP contribution in [0.2, 0.25) is 5.02 Å². The van der Waals surface area contributed by atoms with Crippen LogP contribution >= 0.6 is 27.5 Å². The van der Waals surface area contributed by atoms with E-state index in [9.17, 15) is 0 Å². The van der Waals surface area contributed by atoms with Gasteiger partial charge in [-0.3, -0.25) is 4.68 Å². The molecule has 0 radical (unpaired) electrons. The Bertz CT molecular complexity index is 607. The second-order valence-corrected chi connectivity index (χ2v) is 6.41. The third kappa shape index (κ3) is 2.92. The molecule has 0 saturated carbocycles. The van der Waals surface area contributed by atoms with E-state index in [0.29, 0.717) is 6.04 Å². The van der Waals surface area contributed by atoms with Gasteiger partial charge in [-0.15, -0.1) is 0 Å². The summed E-state index contributed by atoms with van der Waals surface area (Å²) in [7, 11) is 1.95. The van der Waals surface area contributed by atoms with Crippen molar-refractivity contribution in [2.75, 3.05) is 7.05 Å². The number of halogens is 2. The molecule has 0 amide bonds. The van der Waals surface area contributed by atoms with Crippen molar-refractivity contribution in [1.29, 1.82) is 0 Å². The molecule has 2 rings (SSSR count). The first kappa shape index (κ1) is 15.5. The van der Waals surface area contributed by atoms with Crippen LogP contribution in [0.25, 0.3) is 0 Å². The molecule has 0 aliphatic carbocycles. The molecule has 1 aromatic carbocycles. The van der Waals surface area contributed by atoms with E-state index in [1.165, 1.54) is 0 Å². The number of nitrogens with one attached hydrogen (secondary N) is 1. The van der Waals surface area contributed by atoms with E-state index in [-0.39, 0.29) is 6.04 Å². The van der Waals surface area contributed by atoms with Crippen LogP contribution in [0.4, 0.5) is 0 Å². The lowest BCUT2D eigenvalue weighted by Gasteiger charge is -2.21. The second-order valence-electron chi connectivity index (χ2n) is 5.15. The molecule has 0 aliphatic rings. The Morgan fingerprint density at radius 3 is 2.60 bits per heavy atom. The molecule has 1 atom stereocenters. The van der Waals surface area contributed by atoms with Gasteiger partial charge in [-0.05, 0) is 60.9 Å². The normalized spacial score (nSPS) is 12.9. The maximum atomic E-state index is 6.26. The highest BCUT2D eigenvalue weighted by molar-refractivity contribution is 9.10. The third-order valence-corrected chi connectivity index (χ3v) is 4.39. The van der Waals surface area contributed by atoms with E-state index >= 15 is 0 Å². The molecule has 2 aromatic rings. The Morgan fingerprint density at radius 1 is 1.35 bits per heavy atom. The van der Waals surface area contributed by atoms with Gasteiger partial charge in [0, 0.05) is 11.1 Å². The molecule has 0 fully saturated rings. The van der Waals surface area contributed by atoms with E-state index in [1.807, 2.05) is 37.0 Å². The fourth-order valence-electron chi connectivity index (χ4n) is 2.28. The second kappa shape index (κ2) is 6.29. The van der Waals surface area contributed by atoms with Crippen molar-refractivity contribution in [3.8, 4) is 0 Å². The number of hydrogen-bond acceptors (Lipinski definition) is 2. The van der Waals surface area contributed by atoms with E-state index in [0.717, 1.165) is 26.3 Å². The van der Waals surface area contributed by atoms with Gasteiger partial charge in [0.1, 0.15) is 0 Å². The van der Waals surface area contributed by atoms with Crippen molar-refractivity contribution in [1.82, 2.24) is 15.1 Å². The minimum Gasteiger partial charge on any atom is -0.308 e. The van der Waals surface area contributed by atoms with Crippen LogP contribution in [0.3, 0.4) is 0 Å². The zero-order chi connectivity index (χ0) is 14.9. The van der Waals surface area contributed by atoms with Gasteiger partial charge in [0.25, 0.3) is 0 Å². The minimum atomic E-state index is 0.0485. The van der Waals surface area contributed by atoms with E-state index in [2.05, 4.69) is 46.3 Å². The summed E-state index contributed by atoms with van der Waals surface area (Å²) in [5, 5.41) is 8.59. The first-order valence-corrected chi connectivity index (χ1v) is 7.79. The molecule has 1 heterocycles. The standard InChI is InChI=1S/C15H19BrClN3/c1-9(2)20-15(12(16)8-19-20)14(18-4)11-6-5-10(3)13(17)7-11/h5-9,14,18H,1-4H3. The number of aryl methyl sites for hydroxylation is 1. The van der Waals surface area contributed by atoms with Crippen LogP contribution in [0.5, 0.6) is 0 Å². The van der Waals surface area contributed by atoms with Gasteiger partial charge in [-0.25, -0.2) is 0 Å². The van der Waals surface area contributed by atoms with Gasteiger partial charge >= 0.3 is 0 Å². The summed E-state index contributed by atoms with van der Waals surface area (Å²) in [6.45, 7) is 6.25. The summed E-state index contributed by atoms with van der Waals surface area (Å²) < 4.78 is 3.03. The highest BCUT2D eigenvalue weighted by Gasteiger charge is 2.22. The summed E-state index contributed by atoms with van der Waals surface area (Å²) >= 11 is 9.86. The topological polar surface area (TPSA) is 29.9 Å². The minimum absolute atomic E-state index is 0.0485. The fourth-order valence-corrected chi connectivity index (χ4v) is 2.97. The van der Waals surface area contributed by atoms with Crippen LogP contribution in [0, 0.1) is 6.92 Å². The molecule has 20 heavy (non-hydrogen) atoms. The molecule has 0 saturated heterocycles. The van der Waals surface area contributed by atoms with Gasteiger partial charge in [0.2, 0.25) is 0 Å². The molecule has 0 aliphatic heterocycles. The molecule has 1 N–H and O–H groups in total. The van der Waals surface area contributed by atoms with Gasteiger partial charge in [0.05, 0.1) is 22.4 Å². The van der Waals surface area contributed by atoms with Crippen LogP contribution in [0.1, 0.15) is 42.8 Å². The average molecular weight is 357 g/mol. The van der Waals surface area contributed by atoms with Crippen LogP contribution < -0.4 is 5.32 Å². The maximum absolute atomic E-state index is 6.26. The molecule has 1 unspecified atom stereocenters. The van der Waals surface area contributed by atoms with Crippen LogP contribution in [-0.4, -0.2) is 16.8 Å². The highest BCUT2D eigenvalue weighted by Crippen LogP contribution is 2.31. The Balaban J connectivity index is 2.52. The number of hydrogen-bond donors (Lipinski definition) is 1. The van der Waals surface area contributed by atoms with E-state index in [1.54, 1.807) is 0 Å².